The van der Waals surface area contributed by atoms with Crippen molar-refractivity contribution in [3.8, 4) is 0 Å². The van der Waals surface area contributed by atoms with Gasteiger partial charge in [-0.15, -0.1) is 0 Å². The number of nitrogens with zero attached hydrogens (tertiary/aromatic N) is 2. The Morgan fingerprint density at radius 3 is 2.32 bits per heavy atom. The summed E-state index contributed by atoms with van der Waals surface area (Å²) in [5.41, 5.74) is 3.41. The molecule has 1 aromatic carbocycles. The second-order valence-electron chi connectivity index (χ2n) is 8.22. The summed E-state index contributed by atoms with van der Waals surface area (Å²) in [6.45, 7) is 9.03. The predicted octanol–water partition coefficient (Wildman–Crippen LogP) is 2.75. The van der Waals surface area contributed by atoms with Gasteiger partial charge in [0.05, 0.1) is 13.2 Å². The summed E-state index contributed by atoms with van der Waals surface area (Å²) in [4.78, 5) is 45.7. The Hall–Kier alpha value is -3.32. The number of hydrogen-bond donors (Lipinski definition) is 2. The molecule has 31 heavy (non-hydrogen) atoms. The van der Waals surface area contributed by atoms with Crippen molar-refractivity contribution in [3.05, 3.63) is 96.1 Å². The zero-order valence-electron chi connectivity index (χ0n) is 18.4. The predicted molar refractivity (Wildman–Crippen MR) is 119 cm³/mol. The lowest BCUT2D eigenvalue weighted by molar-refractivity contribution is 0.102. The molecule has 0 fully saturated rings. The van der Waals surface area contributed by atoms with Crippen LogP contribution in [-0.4, -0.2) is 25.4 Å². The zero-order valence-corrected chi connectivity index (χ0v) is 18.4. The molecule has 0 aliphatic heterocycles. The maximum absolute atomic E-state index is 13.7. The second-order valence-corrected chi connectivity index (χ2v) is 8.22. The number of benzene rings is 1. The minimum absolute atomic E-state index is 0.0332. The fraction of sp³-hybridized carbons (Fsp3) is 0.333. The van der Waals surface area contributed by atoms with Gasteiger partial charge in [-0.3, -0.25) is 24.1 Å². The number of carbonyl (C=O) groups excluding carboxylic acids is 1. The van der Waals surface area contributed by atoms with Gasteiger partial charge in [-0.2, -0.15) is 0 Å². The van der Waals surface area contributed by atoms with Gasteiger partial charge in [0.1, 0.15) is 5.69 Å². The Balaban J connectivity index is 2.33. The molecular weight excluding hydrogens is 394 g/mol. The highest BCUT2D eigenvalue weighted by atomic mass is 16.3. The number of H-pyrrole nitrogens is 1. The number of aliphatic hydroxyl groups is 1. The summed E-state index contributed by atoms with van der Waals surface area (Å²) in [7, 11) is 0. The molecule has 2 N–H and O–H groups in total. The quantitative estimate of drug-likeness (QED) is 0.596. The summed E-state index contributed by atoms with van der Waals surface area (Å²) in [5.74, 6) is -0.660. The van der Waals surface area contributed by atoms with Crippen LogP contribution in [0.15, 0.2) is 40.2 Å². The number of aliphatic hydroxyl groups excluding tert-OH is 1. The van der Waals surface area contributed by atoms with E-state index >= 15 is 0 Å². The number of aromatic amines is 1. The van der Waals surface area contributed by atoms with E-state index in [1.54, 1.807) is 18.3 Å². The summed E-state index contributed by atoms with van der Waals surface area (Å²) in [5, 5.41) is 9.74. The molecule has 7 nitrogen and oxygen atoms in total. The number of aromatic nitrogens is 3. The first kappa shape index (κ1) is 22.4. The zero-order chi connectivity index (χ0) is 22.9. The van der Waals surface area contributed by atoms with E-state index in [0.717, 1.165) is 16.7 Å². The van der Waals surface area contributed by atoms with Gasteiger partial charge in [-0.05, 0) is 49.9 Å². The van der Waals surface area contributed by atoms with Crippen molar-refractivity contribution in [3.63, 3.8) is 0 Å². The van der Waals surface area contributed by atoms with Gasteiger partial charge in [0, 0.05) is 29.1 Å². The minimum atomic E-state index is -0.665. The first-order valence-electron chi connectivity index (χ1n) is 10.2. The molecule has 0 saturated heterocycles. The van der Waals surface area contributed by atoms with Gasteiger partial charge in [-0.25, -0.2) is 4.79 Å². The van der Waals surface area contributed by atoms with Crippen molar-refractivity contribution in [2.45, 2.75) is 53.7 Å². The molecule has 0 radical (unpaired) electrons. The van der Waals surface area contributed by atoms with Crippen LogP contribution in [0.4, 0.5) is 0 Å². The van der Waals surface area contributed by atoms with Gasteiger partial charge in [0.25, 0.3) is 5.56 Å². The van der Waals surface area contributed by atoms with Gasteiger partial charge in [0.2, 0.25) is 5.78 Å². The Labute approximate surface area is 180 Å². The van der Waals surface area contributed by atoms with Crippen molar-refractivity contribution >= 4 is 5.78 Å². The largest absolute Gasteiger partial charge is 0.392 e. The Morgan fingerprint density at radius 1 is 1.10 bits per heavy atom. The molecule has 0 unspecified atom stereocenters. The first-order chi connectivity index (χ1) is 14.6. The van der Waals surface area contributed by atoms with Crippen molar-refractivity contribution < 1.29 is 9.90 Å². The van der Waals surface area contributed by atoms with Crippen molar-refractivity contribution in [1.29, 1.82) is 0 Å². The third kappa shape index (κ3) is 4.41. The number of pyridine rings is 1. The average molecular weight is 421 g/mol. The molecule has 2 heterocycles. The standard InChI is InChI=1S/C24H27N3O4/c1-13(2)20-21(22(29)17-7-14(3)6-15(4)8-17)27(24(31)26-23(20)30)11-19-16(5)9-25-10-18(19)12-28/h6-10,13,28H,11-12H2,1-5H3,(H,26,30,31). The van der Waals surface area contributed by atoms with Crippen LogP contribution in [0.3, 0.4) is 0 Å². The molecule has 0 amide bonds. The van der Waals surface area contributed by atoms with E-state index in [1.807, 2.05) is 40.7 Å². The van der Waals surface area contributed by atoms with E-state index in [2.05, 4.69) is 9.97 Å². The van der Waals surface area contributed by atoms with Crippen LogP contribution in [0, 0.1) is 20.8 Å². The fourth-order valence-corrected chi connectivity index (χ4v) is 3.93. The number of rotatable bonds is 6. The van der Waals surface area contributed by atoms with E-state index < -0.39 is 11.2 Å². The number of carbonyl (C=O) groups is 1. The third-order valence-electron chi connectivity index (χ3n) is 5.36. The molecule has 0 bridgehead atoms. The number of ketones is 1. The van der Waals surface area contributed by atoms with E-state index in [4.69, 9.17) is 0 Å². The Kier molecular flexibility index (Phi) is 6.36. The molecule has 3 rings (SSSR count). The molecule has 162 valence electrons. The van der Waals surface area contributed by atoms with Crippen LogP contribution in [0.25, 0.3) is 0 Å². The fourth-order valence-electron chi connectivity index (χ4n) is 3.93. The monoisotopic (exact) mass is 421 g/mol. The van der Waals surface area contributed by atoms with Crippen LogP contribution in [0.5, 0.6) is 0 Å². The minimum Gasteiger partial charge on any atom is -0.392 e. The van der Waals surface area contributed by atoms with Crippen LogP contribution < -0.4 is 11.2 Å². The van der Waals surface area contributed by atoms with Crippen LogP contribution in [0.2, 0.25) is 0 Å². The molecule has 3 aromatic rings. The molecule has 0 aliphatic rings. The molecule has 0 aliphatic carbocycles. The van der Waals surface area contributed by atoms with E-state index in [-0.39, 0.29) is 36.1 Å². The molecule has 0 spiro atoms. The van der Waals surface area contributed by atoms with E-state index in [0.29, 0.717) is 16.7 Å². The average Bonchev–Trinajstić information content (AvgIpc) is 2.69. The smallest absolute Gasteiger partial charge is 0.329 e. The Morgan fingerprint density at radius 2 is 1.74 bits per heavy atom. The normalized spacial score (nSPS) is 11.2. The van der Waals surface area contributed by atoms with Gasteiger partial charge in [-0.1, -0.05) is 31.0 Å². The lowest BCUT2D eigenvalue weighted by Crippen LogP contribution is -2.38. The van der Waals surface area contributed by atoms with Gasteiger partial charge in [0.15, 0.2) is 0 Å². The summed E-state index contributed by atoms with van der Waals surface area (Å²) >= 11 is 0. The molecule has 0 atom stereocenters. The van der Waals surface area contributed by atoms with E-state index in [1.165, 1.54) is 10.8 Å². The van der Waals surface area contributed by atoms with Crippen molar-refractivity contribution in [1.82, 2.24) is 14.5 Å². The number of aryl methyl sites for hydroxylation is 3. The molecular formula is C24H27N3O4. The maximum Gasteiger partial charge on any atom is 0.329 e. The molecule has 0 saturated carbocycles. The van der Waals surface area contributed by atoms with Crippen LogP contribution in [0.1, 0.15) is 69.2 Å². The molecule has 7 heteroatoms. The van der Waals surface area contributed by atoms with Gasteiger partial charge >= 0.3 is 5.69 Å². The van der Waals surface area contributed by atoms with E-state index in [9.17, 15) is 19.5 Å². The van der Waals surface area contributed by atoms with Crippen molar-refractivity contribution in [2.75, 3.05) is 0 Å². The number of nitrogens with one attached hydrogen (secondary N) is 1. The van der Waals surface area contributed by atoms with Crippen LogP contribution in [-0.2, 0) is 13.2 Å². The van der Waals surface area contributed by atoms with Crippen molar-refractivity contribution in [2.24, 2.45) is 0 Å². The summed E-state index contributed by atoms with van der Waals surface area (Å²) in [6, 6.07) is 5.47. The molecule has 2 aromatic heterocycles. The highest BCUT2D eigenvalue weighted by Gasteiger charge is 2.25. The second kappa shape index (κ2) is 8.81. The number of hydrogen-bond acceptors (Lipinski definition) is 5. The lowest BCUT2D eigenvalue weighted by Gasteiger charge is -2.19. The third-order valence-corrected chi connectivity index (χ3v) is 5.36. The van der Waals surface area contributed by atoms with Gasteiger partial charge < -0.3 is 5.11 Å². The van der Waals surface area contributed by atoms with Crippen LogP contribution >= 0.6 is 0 Å². The summed E-state index contributed by atoms with van der Waals surface area (Å²) < 4.78 is 1.30. The highest BCUT2D eigenvalue weighted by molar-refractivity contribution is 6.09. The Bertz CT molecular complexity index is 1250. The lowest BCUT2D eigenvalue weighted by atomic mass is 9.95. The summed E-state index contributed by atoms with van der Waals surface area (Å²) in [6.07, 6.45) is 3.17. The highest BCUT2D eigenvalue weighted by Crippen LogP contribution is 2.22. The maximum atomic E-state index is 13.7. The SMILES string of the molecule is Cc1cc(C)cc(C(=O)c2c(C(C)C)c(=O)[nH]c(=O)n2Cc2c(C)cncc2CO)c1. The first-order valence-corrected chi connectivity index (χ1v) is 10.2. The topological polar surface area (TPSA) is 105 Å².